The van der Waals surface area contributed by atoms with Crippen molar-refractivity contribution in [2.45, 2.75) is 27.2 Å². The number of nitrogens with zero attached hydrogens (tertiary/aromatic N) is 1. The molecule has 0 aromatic rings. The Morgan fingerprint density at radius 3 is 1.85 bits per heavy atom. The molecule has 0 saturated heterocycles. The van der Waals surface area contributed by atoms with Crippen molar-refractivity contribution >= 4 is 5.91 Å². The molecule has 0 aliphatic rings. The van der Waals surface area contributed by atoms with E-state index in [1.807, 2.05) is 13.0 Å². The van der Waals surface area contributed by atoms with Gasteiger partial charge in [0.05, 0.1) is 0 Å². The molecule has 0 aliphatic carbocycles. The van der Waals surface area contributed by atoms with Crippen LogP contribution in [0.15, 0.2) is 11.6 Å². The summed E-state index contributed by atoms with van der Waals surface area (Å²) in [5, 5.41) is 0. The van der Waals surface area contributed by atoms with Gasteiger partial charge in [-0.15, -0.1) is 0 Å². The van der Waals surface area contributed by atoms with Crippen LogP contribution >= 0.6 is 0 Å². The first-order valence-electron chi connectivity index (χ1n) is 4.56. The van der Waals surface area contributed by atoms with Crippen molar-refractivity contribution in [3.8, 4) is 0 Å². The molecule has 0 bridgehead atoms. The van der Waals surface area contributed by atoms with Gasteiger partial charge in [-0.3, -0.25) is 4.79 Å². The zero-order valence-corrected chi connectivity index (χ0v) is 9.42. The molecule has 0 fully saturated rings. The quantitative estimate of drug-likeness (QED) is 0.677. The summed E-state index contributed by atoms with van der Waals surface area (Å²) in [4.78, 5) is 12.4. The number of primary amides is 1. The normalized spacial score (nSPS) is 10.8. The molecule has 0 radical (unpaired) electrons. The van der Waals surface area contributed by atoms with Crippen molar-refractivity contribution in [2.75, 3.05) is 20.6 Å². The molecule has 13 heavy (non-hydrogen) atoms. The molecule has 0 heterocycles. The van der Waals surface area contributed by atoms with Crippen LogP contribution < -0.4 is 5.73 Å². The summed E-state index contributed by atoms with van der Waals surface area (Å²) in [6, 6.07) is 0. The molecular weight excluding hydrogens is 164 g/mol. The van der Waals surface area contributed by atoms with Crippen molar-refractivity contribution in [2.24, 2.45) is 5.73 Å². The topological polar surface area (TPSA) is 46.3 Å². The molecule has 0 unspecified atom stereocenters. The number of carbonyl (C=O) groups is 1. The van der Waals surface area contributed by atoms with Crippen LogP contribution in [0.4, 0.5) is 0 Å². The maximum atomic E-state index is 10.2. The third kappa shape index (κ3) is 14.1. The highest BCUT2D eigenvalue weighted by Crippen LogP contribution is 1.91. The molecule has 3 nitrogen and oxygen atoms in total. The van der Waals surface area contributed by atoms with Crippen molar-refractivity contribution in [1.29, 1.82) is 0 Å². The molecule has 0 aliphatic heterocycles. The lowest BCUT2D eigenvalue weighted by Gasteiger charge is -2.00. The van der Waals surface area contributed by atoms with Crippen LogP contribution in [0.25, 0.3) is 0 Å². The second-order valence-electron chi connectivity index (χ2n) is 3.06. The van der Waals surface area contributed by atoms with Gasteiger partial charge in [0.15, 0.2) is 0 Å². The second kappa shape index (κ2) is 9.26. The molecule has 1 amide bonds. The molecule has 0 spiro atoms. The average molecular weight is 186 g/mol. The second-order valence-corrected chi connectivity index (χ2v) is 3.06. The molecule has 0 saturated carbocycles. The van der Waals surface area contributed by atoms with E-state index in [1.165, 1.54) is 0 Å². The van der Waals surface area contributed by atoms with E-state index in [9.17, 15) is 4.79 Å². The van der Waals surface area contributed by atoms with Gasteiger partial charge in [0, 0.05) is 5.57 Å². The van der Waals surface area contributed by atoms with Gasteiger partial charge in [0.25, 0.3) is 0 Å². The molecule has 3 heteroatoms. The highest BCUT2D eigenvalue weighted by atomic mass is 16.1. The van der Waals surface area contributed by atoms with E-state index in [1.54, 1.807) is 6.92 Å². The van der Waals surface area contributed by atoms with Crippen molar-refractivity contribution in [3.05, 3.63) is 11.6 Å². The number of allylic oxidation sites excluding steroid dienone is 1. The lowest BCUT2D eigenvalue weighted by atomic mass is 10.2. The van der Waals surface area contributed by atoms with Crippen LogP contribution in [0.3, 0.4) is 0 Å². The fourth-order valence-corrected chi connectivity index (χ4v) is 0.407. The first-order valence-corrected chi connectivity index (χ1v) is 4.56. The number of rotatable bonds is 3. The smallest absolute Gasteiger partial charge is 0.244 e. The monoisotopic (exact) mass is 186 g/mol. The van der Waals surface area contributed by atoms with Gasteiger partial charge in [0.2, 0.25) is 5.91 Å². The van der Waals surface area contributed by atoms with E-state index in [0.29, 0.717) is 5.57 Å². The predicted molar refractivity (Wildman–Crippen MR) is 57.5 cm³/mol. The molecule has 0 rings (SSSR count). The molecular formula is C10H22N2O. The zero-order chi connectivity index (χ0) is 10.9. The summed E-state index contributed by atoms with van der Waals surface area (Å²) in [6.07, 6.45) is 2.68. The Hall–Kier alpha value is -0.830. The minimum Gasteiger partial charge on any atom is -0.366 e. The van der Waals surface area contributed by atoms with Crippen LogP contribution in [0.1, 0.15) is 27.2 Å². The first-order chi connectivity index (χ1) is 5.95. The third-order valence-corrected chi connectivity index (χ3v) is 1.53. The van der Waals surface area contributed by atoms with E-state index in [0.717, 1.165) is 13.0 Å². The molecule has 0 aromatic carbocycles. The summed E-state index contributed by atoms with van der Waals surface area (Å²) < 4.78 is 0. The van der Waals surface area contributed by atoms with Gasteiger partial charge in [-0.1, -0.05) is 19.9 Å². The van der Waals surface area contributed by atoms with Crippen LogP contribution in [-0.4, -0.2) is 31.4 Å². The van der Waals surface area contributed by atoms with Crippen molar-refractivity contribution in [1.82, 2.24) is 4.90 Å². The number of amides is 1. The minimum absolute atomic E-state index is 0.327. The summed E-state index contributed by atoms with van der Waals surface area (Å²) in [5.41, 5.74) is 5.56. The summed E-state index contributed by atoms with van der Waals surface area (Å²) in [7, 11) is 4.11. The highest BCUT2D eigenvalue weighted by Gasteiger charge is 1.91. The van der Waals surface area contributed by atoms with E-state index in [2.05, 4.69) is 25.9 Å². The summed E-state index contributed by atoms with van der Waals surface area (Å²) >= 11 is 0. The summed E-state index contributed by atoms with van der Waals surface area (Å²) in [6.45, 7) is 6.94. The van der Waals surface area contributed by atoms with Crippen LogP contribution in [-0.2, 0) is 4.79 Å². The number of carbonyl (C=O) groups excluding carboxylic acids is 1. The number of hydrogen-bond acceptors (Lipinski definition) is 2. The Balaban J connectivity index is 0. The lowest BCUT2D eigenvalue weighted by molar-refractivity contribution is -0.114. The van der Waals surface area contributed by atoms with Gasteiger partial charge in [0.1, 0.15) is 0 Å². The van der Waals surface area contributed by atoms with Crippen LogP contribution in [0, 0.1) is 0 Å². The van der Waals surface area contributed by atoms with E-state index >= 15 is 0 Å². The Labute approximate surface area is 81.6 Å². The fourth-order valence-electron chi connectivity index (χ4n) is 0.407. The largest absolute Gasteiger partial charge is 0.366 e. The van der Waals surface area contributed by atoms with Gasteiger partial charge in [-0.25, -0.2) is 0 Å². The van der Waals surface area contributed by atoms with Gasteiger partial charge >= 0.3 is 0 Å². The SMILES string of the molecule is CC/C=C(\C)C(N)=O.CCN(C)C. The molecule has 78 valence electrons. The Morgan fingerprint density at radius 1 is 1.38 bits per heavy atom. The zero-order valence-electron chi connectivity index (χ0n) is 9.42. The first kappa shape index (κ1) is 14.7. The lowest BCUT2D eigenvalue weighted by Crippen LogP contribution is -2.11. The maximum Gasteiger partial charge on any atom is 0.244 e. The molecule has 0 atom stereocenters. The fraction of sp³-hybridized carbons (Fsp3) is 0.700. The molecule has 0 aromatic heterocycles. The Morgan fingerprint density at radius 2 is 1.77 bits per heavy atom. The summed E-state index contributed by atoms with van der Waals surface area (Å²) in [5.74, 6) is -0.327. The van der Waals surface area contributed by atoms with E-state index in [4.69, 9.17) is 5.73 Å². The third-order valence-electron chi connectivity index (χ3n) is 1.53. The van der Waals surface area contributed by atoms with Crippen molar-refractivity contribution < 1.29 is 4.79 Å². The Kier molecular flexibility index (Phi) is 10.5. The van der Waals surface area contributed by atoms with E-state index < -0.39 is 0 Å². The number of hydrogen-bond donors (Lipinski definition) is 1. The van der Waals surface area contributed by atoms with E-state index in [-0.39, 0.29) is 5.91 Å². The van der Waals surface area contributed by atoms with Crippen LogP contribution in [0.2, 0.25) is 0 Å². The van der Waals surface area contributed by atoms with Crippen LogP contribution in [0.5, 0.6) is 0 Å². The van der Waals surface area contributed by atoms with Gasteiger partial charge < -0.3 is 10.6 Å². The average Bonchev–Trinajstić information content (AvgIpc) is 2.06. The minimum atomic E-state index is -0.327. The predicted octanol–water partition coefficient (Wildman–Crippen LogP) is 1.40. The number of nitrogens with two attached hydrogens (primary N) is 1. The van der Waals surface area contributed by atoms with Gasteiger partial charge in [-0.05, 0) is 34.0 Å². The molecule has 2 N–H and O–H groups in total. The Bertz CT molecular complexity index is 162. The highest BCUT2D eigenvalue weighted by molar-refractivity contribution is 5.91. The maximum absolute atomic E-state index is 10.2. The van der Waals surface area contributed by atoms with Gasteiger partial charge in [-0.2, -0.15) is 0 Å². The van der Waals surface area contributed by atoms with Crippen molar-refractivity contribution in [3.63, 3.8) is 0 Å². The standard InChI is InChI=1S/C6H11NO.C4H11N/c1-3-4-5(2)6(7)8;1-4-5(2)3/h4H,3H2,1-2H3,(H2,7,8);4H2,1-3H3/b5-4+;.